The fourth-order valence-electron chi connectivity index (χ4n) is 2.57. The van der Waals surface area contributed by atoms with Gasteiger partial charge in [-0.15, -0.1) is 0 Å². The van der Waals surface area contributed by atoms with Crippen LogP contribution >= 0.6 is 0 Å². The largest absolute Gasteiger partial charge is 0.480 e. The van der Waals surface area contributed by atoms with Gasteiger partial charge in [0.2, 0.25) is 5.91 Å². The molecular weight excluding hydrogens is 370 g/mol. The molecule has 0 bridgehead atoms. The lowest BCUT2D eigenvalue weighted by atomic mass is 10.1. The van der Waals surface area contributed by atoms with Crippen molar-refractivity contribution in [1.29, 1.82) is 0 Å². The Morgan fingerprint density at radius 1 is 1.04 bits per heavy atom. The zero-order valence-corrected chi connectivity index (χ0v) is 17.5. The van der Waals surface area contributed by atoms with Gasteiger partial charge in [-0.05, 0) is 48.5 Å². The summed E-state index contributed by atoms with van der Waals surface area (Å²) in [7, 11) is 0. The van der Waals surface area contributed by atoms with E-state index in [1.807, 2.05) is 0 Å². The number of rotatable bonds is 4. The highest BCUT2D eigenvalue weighted by molar-refractivity contribution is 5.86. The minimum Gasteiger partial charge on any atom is -0.480 e. The SMILES string of the molecule is C[C@@H](NC(=O)OC(C)(C)C)C(=O)N[C@@H]1C[C@@H](C(=O)O)N(C(=O)OC(C)(C)C)C1. The van der Waals surface area contributed by atoms with Gasteiger partial charge < -0.3 is 25.2 Å². The van der Waals surface area contributed by atoms with Gasteiger partial charge >= 0.3 is 18.2 Å². The predicted molar refractivity (Wildman–Crippen MR) is 99.7 cm³/mol. The van der Waals surface area contributed by atoms with E-state index in [1.54, 1.807) is 41.5 Å². The van der Waals surface area contributed by atoms with E-state index in [-0.39, 0.29) is 13.0 Å². The fraction of sp³-hybridized carbons (Fsp3) is 0.778. The van der Waals surface area contributed by atoms with E-state index in [0.717, 1.165) is 4.90 Å². The molecule has 0 aromatic heterocycles. The van der Waals surface area contributed by atoms with Gasteiger partial charge in [0.1, 0.15) is 23.3 Å². The smallest absolute Gasteiger partial charge is 0.411 e. The summed E-state index contributed by atoms with van der Waals surface area (Å²) in [5.41, 5.74) is -1.47. The summed E-state index contributed by atoms with van der Waals surface area (Å²) >= 11 is 0. The van der Waals surface area contributed by atoms with Crippen molar-refractivity contribution < 1.29 is 33.8 Å². The van der Waals surface area contributed by atoms with Crippen molar-refractivity contribution in [3.63, 3.8) is 0 Å². The first-order valence-electron chi connectivity index (χ1n) is 9.11. The van der Waals surface area contributed by atoms with Crippen LogP contribution in [0.3, 0.4) is 0 Å². The van der Waals surface area contributed by atoms with Gasteiger partial charge in [0, 0.05) is 19.0 Å². The Morgan fingerprint density at radius 3 is 2.04 bits per heavy atom. The van der Waals surface area contributed by atoms with Crippen LogP contribution in [0, 0.1) is 0 Å². The molecule has 1 aliphatic heterocycles. The van der Waals surface area contributed by atoms with Gasteiger partial charge in [-0.2, -0.15) is 0 Å². The van der Waals surface area contributed by atoms with Crippen LogP contribution in [-0.2, 0) is 19.1 Å². The summed E-state index contributed by atoms with van der Waals surface area (Å²) in [5, 5.41) is 14.5. The van der Waals surface area contributed by atoms with Crippen LogP contribution < -0.4 is 10.6 Å². The Balaban J connectivity index is 2.68. The van der Waals surface area contributed by atoms with Crippen molar-refractivity contribution in [3.8, 4) is 0 Å². The first kappa shape index (κ1) is 23.5. The Hall–Kier alpha value is -2.52. The van der Waals surface area contributed by atoms with E-state index in [9.17, 15) is 24.3 Å². The van der Waals surface area contributed by atoms with Crippen LogP contribution in [0.2, 0.25) is 0 Å². The summed E-state index contributed by atoms with van der Waals surface area (Å²) in [6.07, 6.45) is -1.45. The van der Waals surface area contributed by atoms with Gasteiger partial charge in [-0.3, -0.25) is 9.69 Å². The molecule has 1 heterocycles. The Labute approximate surface area is 164 Å². The molecule has 10 heteroatoms. The van der Waals surface area contributed by atoms with Gasteiger partial charge in [-0.1, -0.05) is 0 Å². The number of amides is 3. The predicted octanol–water partition coefficient (Wildman–Crippen LogP) is 1.48. The number of nitrogens with zero attached hydrogens (tertiary/aromatic N) is 1. The monoisotopic (exact) mass is 401 g/mol. The van der Waals surface area contributed by atoms with E-state index in [4.69, 9.17) is 9.47 Å². The first-order valence-corrected chi connectivity index (χ1v) is 9.11. The number of carbonyl (C=O) groups excluding carboxylic acids is 3. The maximum absolute atomic E-state index is 12.3. The lowest BCUT2D eigenvalue weighted by molar-refractivity contribution is -0.142. The van der Waals surface area contributed by atoms with Crippen LogP contribution in [0.1, 0.15) is 54.9 Å². The van der Waals surface area contributed by atoms with E-state index in [2.05, 4.69) is 10.6 Å². The second kappa shape index (κ2) is 8.66. The third-order valence-corrected chi connectivity index (χ3v) is 3.69. The van der Waals surface area contributed by atoms with Crippen molar-refractivity contribution in [2.75, 3.05) is 6.54 Å². The van der Waals surface area contributed by atoms with Crippen LogP contribution in [0.25, 0.3) is 0 Å². The molecule has 0 aliphatic carbocycles. The lowest BCUT2D eigenvalue weighted by Crippen LogP contribution is -2.50. The standard InChI is InChI=1S/C18H31N3O7/c1-10(19-15(25)27-17(2,3)4)13(22)20-11-8-12(14(23)24)21(9-11)16(26)28-18(5,6)7/h10-12H,8-9H2,1-7H3,(H,19,25)(H,20,22)(H,23,24)/t10-,11-,12+/m1/s1. The van der Waals surface area contributed by atoms with Gasteiger partial charge in [-0.25, -0.2) is 14.4 Å². The zero-order valence-electron chi connectivity index (χ0n) is 17.5. The van der Waals surface area contributed by atoms with Crippen LogP contribution in [0.15, 0.2) is 0 Å². The summed E-state index contributed by atoms with van der Waals surface area (Å²) in [4.78, 5) is 48.9. The minimum atomic E-state index is -1.18. The second-order valence-electron chi connectivity index (χ2n) is 8.80. The normalized spacial score (nSPS) is 20.9. The molecule has 0 spiro atoms. The molecule has 0 unspecified atom stereocenters. The molecule has 3 atom stereocenters. The number of alkyl carbamates (subject to hydrolysis) is 1. The molecule has 1 rings (SSSR count). The van der Waals surface area contributed by atoms with Crippen molar-refractivity contribution in [1.82, 2.24) is 15.5 Å². The second-order valence-corrected chi connectivity index (χ2v) is 8.80. The van der Waals surface area contributed by atoms with Crippen molar-refractivity contribution in [2.45, 2.75) is 84.2 Å². The van der Waals surface area contributed by atoms with Crippen molar-refractivity contribution >= 4 is 24.1 Å². The highest BCUT2D eigenvalue weighted by Crippen LogP contribution is 2.22. The van der Waals surface area contributed by atoms with Crippen molar-refractivity contribution in [3.05, 3.63) is 0 Å². The summed E-state index contributed by atoms with van der Waals surface area (Å²) in [6.45, 7) is 11.6. The Bertz CT molecular complexity index is 622. The first-order chi connectivity index (χ1) is 12.6. The van der Waals surface area contributed by atoms with E-state index in [0.29, 0.717) is 0 Å². The Morgan fingerprint density at radius 2 is 1.57 bits per heavy atom. The third kappa shape index (κ3) is 7.61. The molecule has 0 radical (unpaired) electrons. The van der Waals surface area contributed by atoms with E-state index in [1.165, 1.54) is 6.92 Å². The number of likely N-dealkylation sites (tertiary alicyclic amines) is 1. The maximum Gasteiger partial charge on any atom is 0.411 e. The Kier molecular flexibility index (Phi) is 7.27. The average Bonchev–Trinajstić information content (AvgIpc) is 2.87. The van der Waals surface area contributed by atoms with Crippen LogP contribution in [0.5, 0.6) is 0 Å². The molecular formula is C18H31N3O7. The molecule has 0 aromatic rings. The number of ether oxygens (including phenoxy) is 2. The van der Waals surface area contributed by atoms with Crippen molar-refractivity contribution in [2.24, 2.45) is 0 Å². The average molecular weight is 401 g/mol. The molecule has 1 saturated heterocycles. The van der Waals surface area contributed by atoms with Crippen LogP contribution in [-0.4, -0.2) is 69.9 Å². The maximum atomic E-state index is 12.3. The molecule has 1 fully saturated rings. The quantitative estimate of drug-likeness (QED) is 0.649. The number of hydrogen-bond donors (Lipinski definition) is 3. The molecule has 0 saturated carbocycles. The lowest BCUT2D eigenvalue weighted by Gasteiger charge is -2.26. The number of aliphatic carboxylic acids is 1. The molecule has 1 aliphatic rings. The minimum absolute atomic E-state index is 0.00320. The molecule has 10 nitrogen and oxygen atoms in total. The molecule has 160 valence electrons. The third-order valence-electron chi connectivity index (χ3n) is 3.69. The van der Waals surface area contributed by atoms with Gasteiger partial charge in [0.05, 0.1) is 0 Å². The number of carboxylic acids is 1. The highest BCUT2D eigenvalue weighted by Gasteiger charge is 2.42. The molecule has 0 aromatic carbocycles. The van der Waals surface area contributed by atoms with E-state index >= 15 is 0 Å². The summed E-state index contributed by atoms with van der Waals surface area (Å²) in [6, 6.07) is -2.58. The van der Waals surface area contributed by atoms with Crippen LogP contribution in [0.4, 0.5) is 9.59 Å². The highest BCUT2D eigenvalue weighted by atomic mass is 16.6. The number of nitrogens with one attached hydrogen (secondary N) is 2. The zero-order chi connectivity index (χ0) is 21.9. The summed E-state index contributed by atoms with van der Waals surface area (Å²) < 4.78 is 10.3. The molecule has 3 N–H and O–H groups in total. The number of carboxylic acid groups (broad SMARTS) is 1. The van der Waals surface area contributed by atoms with Gasteiger partial charge in [0.15, 0.2) is 0 Å². The number of hydrogen-bond acceptors (Lipinski definition) is 6. The van der Waals surface area contributed by atoms with E-state index < -0.39 is 53.4 Å². The summed E-state index contributed by atoms with van der Waals surface area (Å²) in [5.74, 6) is -1.69. The number of carbonyl (C=O) groups is 4. The molecule has 28 heavy (non-hydrogen) atoms. The topological polar surface area (TPSA) is 134 Å². The molecule has 3 amide bonds. The fourth-order valence-corrected chi connectivity index (χ4v) is 2.57. The van der Waals surface area contributed by atoms with Gasteiger partial charge in [0.25, 0.3) is 0 Å².